The third kappa shape index (κ3) is 4.42. The van der Waals surface area contributed by atoms with Crippen molar-refractivity contribution in [2.45, 2.75) is 30.9 Å². The minimum atomic E-state index is -3.81. The van der Waals surface area contributed by atoms with E-state index >= 15 is 0 Å². The smallest absolute Gasteiger partial charge is 0.243 e. The summed E-state index contributed by atoms with van der Waals surface area (Å²) in [6, 6.07) is 17.1. The molecule has 0 unspecified atom stereocenters. The summed E-state index contributed by atoms with van der Waals surface area (Å²) in [5.74, 6) is 0. The Bertz CT molecular complexity index is 814. The highest BCUT2D eigenvalue weighted by Gasteiger charge is 2.26. The van der Waals surface area contributed by atoms with Crippen molar-refractivity contribution in [3.8, 4) is 6.07 Å². The molecule has 0 fully saturated rings. The molecule has 0 aromatic heterocycles. The molecule has 0 bridgehead atoms. The number of aliphatic hydroxyl groups is 1. The van der Waals surface area contributed by atoms with Crippen molar-refractivity contribution < 1.29 is 13.5 Å². The minimum absolute atomic E-state index is 0.00447. The molecule has 1 atom stereocenters. The van der Waals surface area contributed by atoms with Crippen molar-refractivity contribution in [1.29, 1.82) is 5.26 Å². The molecular formula is C18H20N2O3S. The van der Waals surface area contributed by atoms with Gasteiger partial charge in [0.05, 0.1) is 22.6 Å². The van der Waals surface area contributed by atoms with Gasteiger partial charge in [-0.1, -0.05) is 43.3 Å². The fourth-order valence-electron chi connectivity index (χ4n) is 2.27. The molecule has 6 heteroatoms. The lowest BCUT2D eigenvalue weighted by Gasteiger charge is -2.24. The van der Waals surface area contributed by atoms with Crippen LogP contribution in [0.1, 0.15) is 24.5 Å². The van der Waals surface area contributed by atoms with Gasteiger partial charge in [0.2, 0.25) is 10.0 Å². The Hall–Kier alpha value is -2.20. The molecule has 1 N–H and O–H groups in total. The van der Waals surface area contributed by atoms with Crippen LogP contribution in [0, 0.1) is 11.3 Å². The van der Waals surface area contributed by atoms with Crippen LogP contribution in [0.15, 0.2) is 59.5 Å². The Morgan fingerprint density at radius 2 is 1.88 bits per heavy atom. The molecular weight excluding hydrogens is 324 g/mol. The molecule has 0 saturated heterocycles. The van der Waals surface area contributed by atoms with E-state index < -0.39 is 16.1 Å². The molecule has 5 nitrogen and oxygen atoms in total. The van der Waals surface area contributed by atoms with Gasteiger partial charge in [0.15, 0.2) is 0 Å². The molecule has 0 aliphatic heterocycles. The average molecular weight is 344 g/mol. The molecule has 0 aliphatic rings. The Morgan fingerprint density at radius 3 is 2.50 bits per heavy atom. The number of aliphatic hydroxyl groups excluding tert-OH is 1. The number of nitriles is 1. The second-order valence-electron chi connectivity index (χ2n) is 5.48. The van der Waals surface area contributed by atoms with Gasteiger partial charge in [-0.25, -0.2) is 8.42 Å². The predicted octanol–water partition coefficient (Wildman–Crippen LogP) is 2.52. The van der Waals surface area contributed by atoms with Crippen molar-refractivity contribution in [3.63, 3.8) is 0 Å². The first-order valence-electron chi connectivity index (χ1n) is 7.69. The van der Waals surface area contributed by atoms with E-state index in [1.54, 1.807) is 19.1 Å². The molecule has 2 aromatic rings. The van der Waals surface area contributed by atoms with E-state index in [1.165, 1.54) is 16.4 Å². The van der Waals surface area contributed by atoms with Gasteiger partial charge < -0.3 is 5.11 Å². The zero-order valence-electron chi connectivity index (χ0n) is 13.5. The molecule has 2 aromatic carbocycles. The normalized spacial score (nSPS) is 12.8. The van der Waals surface area contributed by atoms with Gasteiger partial charge >= 0.3 is 0 Å². The Morgan fingerprint density at radius 1 is 1.17 bits per heavy atom. The van der Waals surface area contributed by atoms with E-state index in [0.717, 1.165) is 5.56 Å². The summed E-state index contributed by atoms with van der Waals surface area (Å²) < 4.78 is 27.2. The van der Waals surface area contributed by atoms with Crippen LogP contribution >= 0.6 is 0 Å². The molecule has 0 saturated carbocycles. The molecule has 0 spiro atoms. The van der Waals surface area contributed by atoms with Gasteiger partial charge in [-0.05, 0) is 30.2 Å². The van der Waals surface area contributed by atoms with E-state index in [4.69, 9.17) is 5.26 Å². The molecule has 24 heavy (non-hydrogen) atoms. The van der Waals surface area contributed by atoms with Crippen LogP contribution in [-0.4, -0.2) is 30.5 Å². The Kier molecular flexibility index (Phi) is 6.10. The fraction of sp³-hybridized carbons (Fsp3) is 0.278. The summed E-state index contributed by atoms with van der Waals surface area (Å²) in [6.07, 6.45) is -0.290. The highest BCUT2D eigenvalue weighted by atomic mass is 32.2. The number of benzene rings is 2. The first kappa shape index (κ1) is 18.1. The Balaban J connectivity index is 2.38. The number of sulfonamides is 1. The Labute approximate surface area is 142 Å². The maximum Gasteiger partial charge on any atom is 0.243 e. The maximum atomic E-state index is 13.0. The van der Waals surface area contributed by atoms with E-state index in [-0.39, 0.29) is 23.5 Å². The van der Waals surface area contributed by atoms with E-state index in [9.17, 15) is 13.5 Å². The van der Waals surface area contributed by atoms with Gasteiger partial charge in [-0.15, -0.1) is 0 Å². The first-order chi connectivity index (χ1) is 11.5. The lowest BCUT2D eigenvalue weighted by Crippen LogP contribution is -2.37. The molecule has 0 heterocycles. The van der Waals surface area contributed by atoms with Gasteiger partial charge in [0.1, 0.15) is 0 Å². The van der Waals surface area contributed by atoms with E-state index in [1.807, 2.05) is 36.4 Å². The zero-order valence-corrected chi connectivity index (χ0v) is 14.3. The highest BCUT2D eigenvalue weighted by molar-refractivity contribution is 7.89. The first-order valence-corrected chi connectivity index (χ1v) is 9.13. The molecule has 0 aliphatic carbocycles. The minimum Gasteiger partial charge on any atom is -0.392 e. The number of nitrogens with zero attached hydrogens (tertiary/aromatic N) is 2. The van der Waals surface area contributed by atoms with Crippen LogP contribution in [0.3, 0.4) is 0 Å². The summed E-state index contributed by atoms with van der Waals surface area (Å²) >= 11 is 0. The standard InChI is InChI=1S/C18H20N2O3S/c1-2-17(21)14-20(13-15-7-4-3-5-8-15)24(22,23)18-10-6-9-16(11-18)12-19/h3-11,17,21H,2,13-14H2,1H3/t17-/m1/s1. The quantitative estimate of drug-likeness (QED) is 0.837. The topological polar surface area (TPSA) is 81.4 Å². The number of rotatable bonds is 7. The van der Waals surface area contributed by atoms with Gasteiger partial charge in [-0.2, -0.15) is 9.57 Å². The van der Waals surface area contributed by atoms with E-state index in [0.29, 0.717) is 6.42 Å². The summed E-state index contributed by atoms with van der Waals surface area (Å²) in [7, 11) is -3.81. The second kappa shape index (κ2) is 8.06. The zero-order chi connectivity index (χ0) is 17.6. The van der Waals surface area contributed by atoms with Gasteiger partial charge in [0.25, 0.3) is 0 Å². The predicted molar refractivity (Wildman–Crippen MR) is 91.5 cm³/mol. The molecule has 126 valence electrons. The largest absolute Gasteiger partial charge is 0.392 e. The number of hydrogen-bond donors (Lipinski definition) is 1. The highest BCUT2D eigenvalue weighted by Crippen LogP contribution is 2.20. The molecule has 0 radical (unpaired) electrons. The van der Waals surface area contributed by atoms with Crippen LogP contribution in [0.4, 0.5) is 0 Å². The summed E-state index contributed by atoms with van der Waals surface area (Å²) in [5, 5.41) is 18.9. The van der Waals surface area contributed by atoms with E-state index in [2.05, 4.69) is 0 Å². The van der Waals surface area contributed by atoms with Crippen LogP contribution in [0.2, 0.25) is 0 Å². The van der Waals surface area contributed by atoms with Crippen molar-refractivity contribution >= 4 is 10.0 Å². The van der Waals surface area contributed by atoms with Crippen LogP contribution < -0.4 is 0 Å². The van der Waals surface area contributed by atoms with Gasteiger partial charge in [0, 0.05) is 13.1 Å². The summed E-state index contributed by atoms with van der Waals surface area (Å²) in [6.45, 7) is 1.97. The van der Waals surface area contributed by atoms with Crippen molar-refractivity contribution in [1.82, 2.24) is 4.31 Å². The van der Waals surface area contributed by atoms with Gasteiger partial charge in [-0.3, -0.25) is 0 Å². The van der Waals surface area contributed by atoms with Crippen LogP contribution in [-0.2, 0) is 16.6 Å². The fourth-order valence-corrected chi connectivity index (χ4v) is 3.79. The SMILES string of the molecule is CC[C@@H](O)CN(Cc1ccccc1)S(=O)(=O)c1cccc(C#N)c1. The third-order valence-corrected chi connectivity index (χ3v) is 5.50. The maximum absolute atomic E-state index is 13.0. The molecule has 2 rings (SSSR count). The monoisotopic (exact) mass is 344 g/mol. The molecule has 0 amide bonds. The average Bonchev–Trinajstić information content (AvgIpc) is 2.61. The number of hydrogen-bond acceptors (Lipinski definition) is 4. The van der Waals surface area contributed by atoms with Crippen LogP contribution in [0.25, 0.3) is 0 Å². The van der Waals surface area contributed by atoms with Crippen LogP contribution in [0.5, 0.6) is 0 Å². The second-order valence-corrected chi connectivity index (χ2v) is 7.42. The summed E-state index contributed by atoms with van der Waals surface area (Å²) in [4.78, 5) is 0.0563. The lowest BCUT2D eigenvalue weighted by molar-refractivity contribution is 0.140. The third-order valence-electron chi connectivity index (χ3n) is 3.69. The van der Waals surface area contributed by atoms with Crippen molar-refractivity contribution in [2.24, 2.45) is 0 Å². The summed E-state index contributed by atoms with van der Waals surface area (Å²) in [5.41, 5.74) is 1.12. The van der Waals surface area contributed by atoms with Crippen molar-refractivity contribution in [3.05, 3.63) is 65.7 Å². The lowest BCUT2D eigenvalue weighted by atomic mass is 10.2. The van der Waals surface area contributed by atoms with Crippen molar-refractivity contribution in [2.75, 3.05) is 6.54 Å².